The van der Waals surface area contributed by atoms with E-state index < -0.39 is 5.60 Å². The molecule has 0 aromatic carbocycles. The van der Waals surface area contributed by atoms with E-state index in [0.717, 1.165) is 74.8 Å². The van der Waals surface area contributed by atoms with Gasteiger partial charge in [-0.25, -0.2) is 4.98 Å². The van der Waals surface area contributed by atoms with Crippen molar-refractivity contribution in [2.45, 2.75) is 56.6 Å². The predicted octanol–water partition coefficient (Wildman–Crippen LogP) is 3.04. The van der Waals surface area contributed by atoms with E-state index in [0.29, 0.717) is 35.8 Å². The number of hydrogen-bond acceptors (Lipinski definition) is 8. The standard InChI is InChI=1S/C27H35N7O3/c1-34-6-3-15(4-7-34)13-30-25(35)24-32-26(37-33-24)20-14-29-23-19(2-5-28-23)22(20)31-21-17-8-16-9-18(21)12-27(36,10-16)11-17/h2,5,14-18,21,36H,3-4,6-13H2,1H3,(H,30,35)(H2,28,29,31)/t16?,17-,18+,21+,27-. The minimum absolute atomic E-state index is 0.0416. The largest absolute Gasteiger partial charge is 0.390 e. The molecule has 4 heterocycles. The maximum Gasteiger partial charge on any atom is 0.292 e. The summed E-state index contributed by atoms with van der Waals surface area (Å²) in [5, 5.41) is 22.8. The van der Waals surface area contributed by atoms with Crippen LogP contribution in [0.3, 0.4) is 0 Å². The molecular formula is C27H35N7O3. The van der Waals surface area contributed by atoms with Crippen molar-refractivity contribution in [1.82, 2.24) is 30.3 Å². The third kappa shape index (κ3) is 4.20. The highest BCUT2D eigenvalue weighted by Gasteiger charge is 2.54. The highest BCUT2D eigenvalue weighted by Crippen LogP contribution is 2.56. The Labute approximate surface area is 215 Å². The average Bonchev–Trinajstić information content (AvgIpc) is 3.55. The summed E-state index contributed by atoms with van der Waals surface area (Å²) < 4.78 is 5.61. The molecule has 3 aromatic rings. The lowest BCUT2D eigenvalue weighted by atomic mass is 9.52. The number of piperidine rings is 1. The Bertz CT molecular complexity index is 1290. The normalized spacial score (nSPS) is 31.7. The van der Waals surface area contributed by atoms with E-state index >= 15 is 0 Å². The van der Waals surface area contributed by atoms with E-state index in [1.54, 1.807) is 6.20 Å². The van der Waals surface area contributed by atoms with Gasteiger partial charge < -0.3 is 30.1 Å². The number of anilines is 1. The number of amides is 1. The van der Waals surface area contributed by atoms with Gasteiger partial charge in [0, 0.05) is 30.4 Å². The van der Waals surface area contributed by atoms with Gasteiger partial charge in [0.2, 0.25) is 0 Å². The molecule has 4 aliphatic carbocycles. The zero-order chi connectivity index (χ0) is 25.1. The van der Waals surface area contributed by atoms with Crippen molar-refractivity contribution in [2.75, 3.05) is 32.0 Å². The van der Waals surface area contributed by atoms with Crippen molar-refractivity contribution in [2.24, 2.45) is 23.7 Å². The molecule has 3 aromatic heterocycles. The molecule has 8 rings (SSSR count). The third-order valence-corrected chi connectivity index (χ3v) is 9.39. The number of pyridine rings is 1. The second-order valence-corrected chi connectivity index (χ2v) is 12.0. The maximum absolute atomic E-state index is 12.8. The van der Waals surface area contributed by atoms with Gasteiger partial charge in [-0.1, -0.05) is 5.16 Å². The van der Waals surface area contributed by atoms with Gasteiger partial charge in [-0.2, -0.15) is 4.98 Å². The highest BCUT2D eigenvalue weighted by atomic mass is 16.5. The molecule has 0 spiro atoms. The number of nitrogens with zero attached hydrogens (tertiary/aromatic N) is 4. The van der Waals surface area contributed by atoms with E-state index in [9.17, 15) is 9.90 Å². The molecule has 5 fully saturated rings. The Morgan fingerprint density at radius 1 is 1.24 bits per heavy atom. The van der Waals surface area contributed by atoms with Crippen LogP contribution in [0.25, 0.3) is 22.5 Å². The minimum Gasteiger partial charge on any atom is -0.390 e. The molecule has 1 saturated heterocycles. The molecule has 1 amide bonds. The van der Waals surface area contributed by atoms with Gasteiger partial charge in [-0.05, 0) is 94.8 Å². The molecule has 10 nitrogen and oxygen atoms in total. The number of carbonyl (C=O) groups is 1. The number of carbonyl (C=O) groups excluding carboxylic acids is 1. The second-order valence-electron chi connectivity index (χ2n) is 12.0. The van der Waals surface area contributed by atoms with Gasteiger partial charge in [0.05, 0.1) is 16.9 Å². The first-order chi connectivity index (χ1) is 17.9. The Kier molecular flexibility index (Phi) is 5.51. The van der Waals surface area contributed by atoms with Crippen molar-refractivity contribution < 1.29 is 14.4 Å². The summed E-state index contributed by atoms with van der Waals surface area (Å²) in [5.74, 6) is 2.00. The monoisotopic (exact) mass is 505 g/mol. The molecule has 196 valence electrons. The Morgan fingerprint density at radius 3 is 2.78 bits per heavy atom. The van der Waals surface area contributed by atoms with Gasteiger partial charge in [0.15, 0.2) is 0 Å². The van der Waals surface area contributed by atoms with E-state index in [-0.39, 0.29) is 23.7 Å². The molecule has 4 saturated carbocycles. The quantitative estimate of drug-likeness (QED) is 0.402. The molecule has 4 bridgehead atoms. The van der Waals surface area contributed by atoms with Crippen molar-refractivity contribution in [3.63, 3.8) is 0 Å². The van der Waals surface area contributed by atoms with Crippen LogP contribution in [-0.2, 0) is 0 Å². The molecule has 1 unspecified atom stereocenters. The first-order valence-corrected chi connectivity index (χ1v) is 13.7. The molecule has 5 atom stereocenters. The Morgan fingerprint density at radius 2 is 2.03 bits per heavy atom. The van der Waals surface area contributed by atoms with Crippen molar-refractivity contribution >= 4 is 22.6 Å². The fraction of sp³-hybridized carbons (Fsp3) is 0.630. The van der Waals surface area contributed by atoms with E-state index in [4.69, 9.17) is 4.52 Å². The van der Waals surface area contributed by atoms with Gasteiger partial charge in [0.25, 0.3) is 17.6 Å². The SMILES string of the molecule is CN1CCC(CNC(=O)c2noc(-c3cnc4[nH]ccc4c3N[C@H]3[C@@H]4CC5C[C@H]3C[C@@](O)(C5)C4)n2)CC1. The summed E-state index contributed by atoms with van der Waals surface area (Å²) in [5.41, 5.74) is 1.89. The summed E-state index contributed by atoms with van der Waals surface area (Å²) in [6.07, 6.45) is 10.8. The molecule has 37 heavy (non-hydrogen) atoms. The van der Waals surface area contributed by atoms with Gasteiger partial charge in [-0.3, -0.25) is 4.79 Å². The van der Waals surface area contributed by atoms with Crippen molar-refractivity contribution in [3.05, 3.63) is 24.3 Å². The van der Waals surface area contributed by atoms with Gasteiger partial charge in [0.1, 0.15) is 5.65 Å². The number of aliphatic hydroxyl groups is 1. The zero-order valence-electron chi connectivity index (χ0n) is 21.2. The molecule has 4 N–H and O–H groups in total. The fourth-order valence-corrected chi connectivity index (χ4v) is 7.72. The summed E-state index contributed by atoms with van der Waals surface area (Å²) in [7, 11) is 2.13. The first-order valence-electron chi connectivity index (χ1n) is 13.7. The molecule has 1 aliphatic heterocycles. The summed E-state index contributed by atoms with van der Waals surface area (Å²) in [6.45, 7) is 2.73. The topological polar surface area (TPSA) is 132 Å². The first kappa shape index (κ1) is 23.2. The lowest BCUT2D eigenvalue weighted by Gasteiger charge is -2.58. The van der Waals surface area contributed by atoms with Gasteiger partial charge in [-0.15, -0.1) is 0 Å². The number of likely N-dealkylation sites (tertiary alicyclic amines) is 1. The lowest BCUT2D eigenvalue weighted by molar-refractivity contribution is -0.129. The second kappa shape index (κ2) is 8.80. The maximum atomic E-state index is 12.8. The molecule has 5 aliphatic rings. The fourth-order valence-electron chi connectivity index (χ4n) is 7.72. The number of H-pyrrole nitrogens is 1. The highest BCUT2D eigenvalue weighted by molar-refractivity contribution is 5.97. The summed E-state index contributed by atoms with van der Waals surface area (Å²) in [4.78, 5) is 27.3. The van der Waals surface area contributed by atoms with Crippen LogP contribution in [0, 0.1) is 23.7 Å². The van der Waals surface area contributed by atoms with E-state index in [2.05, 4.69) is 42.7 Å². The molecular weight excluding hydrogens is 470 g/mol. The van der Waals surface area contributed by atoms with Crippen LogP contribution in [0.2, 0.25) is 0 Å². The number of hydrogen-bond donors (Lipinski definition) is 4. The third-order valence-electron chi connectivity index (χ3n) is 9.39. The zero-order valence-corrected chi connectivity index (χ0v) is 21.2. The van der Waals surface area contributed by atoms with Crippen LogP contribution < -0.4 is 10.6 Å². The number of nitrogens with one attached hydrogen (secondary N) is 3. The lowest BCUT2D eigenvalue weighted by Crippen LogP contribution is -2.59. The smallest absolute Gasteiger partial charge is 0.292 e. The number of fused-ring (bicyclic) bond motifs is 1. The molecule has 10 heteroatoms. The Hall–Kier alpha value is -2.98. The van der Waals surface area contributed by atoms with E-state index in [1.165, 1.54) is 0 Å². The summed E-state index contributed by atoms with van der Waals surface area (Å²) in [6, 6.07) is 2.28. The van der Waals surface area contributed by atoms with Gasteiger partial charge >= 0.3 is 0 Å². The predicted molar refractivity (Wildman–Crippen MR) is 138 cm³/mol. The van der Waals surface area contributed by atoms with Crippen LogP contribution in [-0.4, -0.2) is 74.3 Å². The van der Waals surface area contributed by atoms with Crippen molar-refractivity contribution in [1.29, 1.82) is 0 Å². The molecule has 0 radical (unpaired) electrons. The van der Waals surface area contributed by atoms with Crippen LogP contribution in [0.15, 0.2) is 23.0 Å². The van der Waals surface area contributed by atoms with Crippen LogP contribution in [0.1, 0.15) is 55.6 Å². The minimum atomic E-state index is -0.485. The van der Waals surface area contributed by atoms with Crippen LogP contribution >= 0.6 is 0 Å². The Balaban J connectivity index is 1.13. The number of rotatable bonds is 6. The summed E-state index contributed by atoms with van der Waals surface area (Å²) >= 11 is 0. The van der Waals surface area contributed by atoms with Crippen LogP contribution in [0.4, 0.5) is 5.69 Å². The number of aromatic nitrogens is 4. The van der Waals surface area contributed by atoms with E-state index in [1.807, 2.05) is 12.3 Å². The van der Waals surface area contributed by atoms with Crippen molar-refractivity contribution in [3.8, 4) is 11.5 Å². The van der Waals surface area contributed by atoms with Crippen LogP contribution in [0.5, 0.6) is 0 Å². The average molecular weight is 506 g/mol. The number of aromatic amines is 1.